The average Bonchev–Trinajstić information content (AvgIpc) is 3.14. The molecule has 6 nitrogen and oxygen atoms in total. The van der Waals surface area contributed by atoms with E-state index in [1.165, 1.54) is 12.5 Å². The highest BCUT2D eigenvalue weighted by molar-refractivity contribution is 5.99. The van der Waals surface area contributed by atoms with E-state index in [1.807, 2.05) is 49.4 Å². The summed E-state index contributed by atoms with van der Waals surface area (Å²) in [7, 11) is 0. The number of anilines is 2. The third kappa shape index (κ3) is 4.73. The van der Waals surface area contributed by atoms with E-state index in [4.69, 9.17) is 4.42 Å². The van der Waals surface area contributed by atoms with E-state index in [9.17, 15) is 9.59 Å². The van der Waals surface area contributed by atoms with Crippen LogP contribution < -0.4 is 16.0 Å². The molecule has 0 fully saturated rings. The van der Waals surface area contributed by atoms with Gasteiger partial charge in [0.05, 0.1) is 11.8 Å². The topological polar surface area (TPSA) is 83.4 Å². The Hall–Kier alpha value is -3.54. The summed E-state index contributed by atoms with van der Waals surface area (Å²) in [5.74, 6) is -0.214. The number of rotatable bonds is 5. The van der Waals surface area contributed by atoms with Crippen LogP contribution in [0.2, 0.25) is 0 Å². The van der Waals surface area contributed by atoms with E-state index in [1.54, 1.807) is 12.1 Å². The van der Waals surface area contributed by atoms with Crippen molar-refractivity contribution < 1.29 is 14.0 Å². The van der Waals surface area contributed by atoms with Crippen LogP contribution in [0.15, 0.2) is 71.5 Å². The number of benzene rings is 2. The predicted octanol–water partition coefficient (Wildman–Crippen LogP) is 4.16. The highest BCUT2D eigenvalue weighted by atomic mass is 16.3. The maximum absolute atomic E-state index is 12.1. The van der Waals surface area contributed by atoms with Crippen molar-refractivity contribution in [1.29, 1.82) is 0 Å². The Labute approximate surface area is 151 Å². The van der Waals surface area contributed by atoms with Gasteiger partial charge in [-0.15, -0.1) is 0 Å². The van der Waals surface area contributed by atoms with Crippen molar-refractivity contribution in [2.45, 2.75) is 13.5 Å². The van der Waals surface area contributed by atoms with Crippen LogP contribution in [0.4, 0.5) is 16.2 Å². The Bertz CT molecular complexity index is 904. The Morgan fingerprint density at radius 2 is 1.69 bits per heavy atom. The van der Waals surface area contributed by atoms with Crippen LogP contribution >= 0.6 is 0 Å². The lowest BCUT2D eigenvalue weighted by Crippen LogP contribution is -2.22. The van der Waals surface area contributed by atoms with Gasteiger partial charge in [-0.1, -0.05) is 24.3 Å². The number of carbonyl (C=O) groups excluding carboxylic acids is 2. The van der Waals surface area contributed by atoms with Crippen LogP contribution in [0.1, 0.15) is 21.5 Å². The summed E-state index contributed by atoms with van der Waals surface area (Å²) >= 11 is 0. The highest BCUT2D eigenvalue weighted by Crippen LogP contribution is 2.13. The molecular weight excluding hydrogens is 330 g/mol. The maximum Gasteiger partial charge on any atom is 0.323 e. The second-order valence-corrected chi connectivity index (χ2v) is 5.84. The van der Waals surface area contributed by atoms with Crippen LogP contribution in [0.3, 0.4) is 0 Å². The molecule has 0 aliphatic heterocycles. The Morgan fingerprint density at radius 1 is 0.962 bits per heavy atom. The molecule has 0 radical (unpaired) electrons. The van der Waals surface area contributed by atoms with E-state index in [0.717, 1.165) is 16.8 Å². The number of amides is 3. The number of hydrogen-bond acceptors (Lipinski definition) is 3. The molecule has 0 bridgehead atoms. The third-order valence-corrected chi connectivity index (χ3v) is 3.70. The minimum Gasteiger partial charge on any atom is -0.472 e. The number of furan rings is 1. The first-order valence-corrected chi connectivity index (χ1v) is 8.14. The van der Waals surface area contributed by atoms with Gasteiger partial charge in [-0.2, -0.15) is 0 Å². The fourth-order valence-electron chi connectivity index (χ4n) is 2.45. The molecule has 6 heteroatoms. The number of hydrogen-bond donors (Lipinski definition) is 3. The van der Waals surface area contributed by atoms with Crippen LogP contribution in [0, 0.1) is 6.92 Å². The van der Waals surface area contributed by atoms with E-state index >= 15 is 0 Å². The lowest BCUT2D eigenvalue weighted by Gasteiger charge is -2.10. The number of urea groups is 1. The van der Waals surface area contributed by atoms with Crippen molar-refractivity contribution in [2.75, 3.05) is 10.6 Å². The van der Waals surface area contributed by atoms with Crippen LogP contribution in [0.5, 0.6) is 0 Å². The summed E-state index contributed by atoms with van der Waals surface area (Å²) in [5.41, 5.74) is 3.78. The van der Waals surface area contributed by atoms with Crippen molar-refractivity contribution in [3.8, 4) is 0 Å². The second kappa shape index (κ2) is 8.02. The molecule has 1 heterocycles. The van der Waals surface area contributed by atoms with Gasteiger partial charge in [0.1, 0.15) is 6.26 Å². The van der Waals surface area contributed by atoms with Crippen molar-refractivity contribution >= 4 is 23.3 Å². The summed E-state index contributed by atoms with van der Waals surface area (Å²) in [5, 5.41) is 8.38. The standard InChI is InChI=1S/C20H19N3O3/c1-14-4-2-6-17(10-14)22-20(25)23-18-7-3-5-15(11-18)12-21-19(24)16-8-9-26-13-16/h2-11,13H,12H2,1H3,(H,21,24)(H2,22,23,25). The van der Waals surface area contributed by atoms with Crippen molar-refractivity contribution in [2.24, 2.45) is 0 Å². The molecule has 0 aliphatic carbocycles. The average molecular weight is 349 g/mol. The lowest BCUT2D eigenvalue weighted by atomic mass is 10.2. The van der Waals surface area contributed by atoms with E-state index in [2.05, 4.69) is 16.0 Å². The van der Waals surface area contributed by atoms with E-state index in [0.29, 0.717) is 17.8 Å². The van der Waals surface area contributed by atoms with E-state index < -0.39 is 0 Å². The van der Waals surface area contributed by atoms with Gasteiger partial charge in [0, 0.05) is 17.9 Å². The summed E-state index contributed by atoms with van der Waals surface area (Å²) in [6, 6.07) is 16.1. The third-order valence-electron chi connectivity index (χ3n) is 3.70. The van der Waals surface area contributed by atoms with Gasteiger partial charge < -0.3 is 20.4 Å². The van der Waals surface area contributed by atoms with Crippen LogP contribution in [-0.4, -0.2) is 11.9 Å². The zero-order valence-corrected chi connectivity index (χ0v) is 14.3. The largest absolute Gasteiger partial charge is 0.472 e. The van der Waals surface area contributed by atoms with Gasteiger partial charge in [-0.05, 0) is 48.4 Å². The van der Waals surface area contributed by atoms with Gasteiger partial charge in [0.25, 0.3) is 5.91 Å². The molecule has 3 N–H and O–H groups in total. The van der Waals surface area contributed by atoms with Gasteiger partial charge in [0.2, 0.25) is 0 Å². The summed E-state index contributed by atoms with van der Waals surface area (Å²) in [6.07, 6.45) is 2.84. The molecule has 3 amide bonds. The van der Waals surface area contributed by atoms with Crippen molar-refractivity contribution in [1.82, 2.24) is 5.32 Å². The molecule has 3 aromatic rings. The molecule has 3 rings (SSSR count). The fraction of sp³-hybridized carbons (Fsp3) is 0.100. The molecule has 0 spiro atoms. The molecule has 0 saturated carbocycles. The van der Waals surface area contributed by atoms with E-state index in [-0.39, 0.29) is 11.9 Å². The molecule has 132 valence electrons. The predicted molar refractivity (Wildman–Crippen MR) is 100 cm³/mol. The zero-order chi connectivity index (χ0) is 18.4. The molecule has 0 atom stereocenters. The molecule has 26 heavy (non-hydrogen) atoms. The number of carbonyl (C=O) groups is 2. The maximum atomic E-state index is 12.1. The molecule has 1 aromatic heterocycles. The first kappa shape index (κ1) is 17.3. The Morgan fingerprint density at radius 3 is 2.38 bits per heavy atom. The Kier molecular flexibility index (Phi) is 5.34. The monoisotopic (exact) mass is 349 g/mol. The molecular formula is C20H19N3O3. The summed E-state index contributed by atoms with van der Waals surface area (Å²) < 4.78 is 4.89. The molecule has 2 aromatic carbocycles. The SMILES string of the molecule is Cc1cccc(NC(=O)Nc2cccc(CNC(=O)c3ccoc3)c2)c1. The number of nitrogens with one attached hydrogen (secondary N) is 3. The highest BCUT2D eigenvalue weighted by Gasteiger charge is 2.07. The normalized spacial score (nSPS) is 10.2. The van der Waals surface area contributed by atoms with Gasteiger partial charge in [0.15, 0.2) is 0 Å². The smallest absolute Gasteiger partial charge is 0.323 e. The fourth-order valence-corrected chi connectivity index (χ4v) is 2.45. The quantitative estimate of drug-likeness (QED) is 0.647. The van der Waals surface area contributed by atoms with Crippen molar-refractivity contribution in [3.05, 3.63) is 83.8 Å². The van der Waals surface area contributed by atoms with Crippen LogP contribution in [0.25, 0.3) is 0 Å². The number of aryl methyl sites for hydroxylation is 1. The Balaban J connectivity index is 1.56. The molecule has 0 aliphatic rings. The minimum atomic E-state index is -0.324. The summed E-state index contributed by atoms with van der Waals surface area (Å²) in [4.78, 5) is 24.0. The molecule has 0 saturated heterocycles. The minimum absolute atomic E-state index is 0.214. The zero-order valence-electron chi connectivity index (χ0n) is 14.3. The van der Waals surface area contributed by atoms with Crippen molar-refractivity contribution in [3.63, 3.8) is 0 Å². The van der Waals surface area contributed by atoms with Gasteiger partial charge >= 0.3 is 6.03 Å². The summed E-state index contributed by atoms with van der Waals surface area (Å²) in [6.45, 7) is 2.31. The second-order valence-electron chi connectivity index (χ2n) is 5.84. The lowest BCUT2D eigenvalue weighted by molar-refractivity contribution is 0.0950. The molecule has 0 unspecified atom stereocenters. The van der Waals surface area contributed by atoms with Gasteiger partial charge in [-0.3, -0.25) is 4.79 Å². The van der Waals surface area contributed by atoms with Crippen LogP contribution in [-0.2, 0) is 6.54 Å². The van der Waals surface area contributed by atoms with Gasteiger partial charge in [-0.25, -0.2) is 4.79 Å². The first-order valence-electron chi connectivity index (χ1n) is 8.14. The first-order chi connectivity index (χ1) is 12.6.